The summed E-state index contributed by atoms with van der Waals surface area (Å²) in [7, 11) is 0. The van der Waals surface area contributed by atoms with Gasteiger partial charge in [-0.15, -0.1) is 0 Å². The summed E-state index contributed by atoms with van der Waals surface area (Å²) in [6.45, 7) is 2.08. The SMILES string of the molecule is Cc1ccc(CC(Br)C2CCC2)nc1. The van der Waals surface area contributed by atoms with Gasteiger partial charge < -0.3 is 0 Å². The van der Waals surface area contributed by atoms with E-state index in [1.54, 1.807) is 0 Å². The van der Waals surface area contributed by atoms with Crippen LogP contribution in [0.4, 0.5) is 0 Å². The van der Waals surface area contributed by atoms with Crippen LogP contribution < -0.4 is 0 Å². The highest BCUT2D eigenvalue weighted by Gasteiger charge is 2.25. The van der Waals surface area contributed by atoms with Gasteiger partial charge in [0.1, 0.15) is 0 Å². The predicted octanol–water partition coefficient (Wildman–Crippen LogP) is 3.50. The van der Waals surface area contributed by atoms with E-state index in [9.17, 15) is 0 Å². The summed E-state index contributed by atoms with van der Waals surface area (Å²) in [5.74, 6) is 0.887. The predicted molar refractivity (Wildman–Crippen MR) is 62.7 cm³/mol. The largest absolute Gasteiger partial charge is 0.261 e. The fraction of sp³-hybridized carbons (Fsp3) is 0.583. The van der Waals surface area contributed by atoms with Gasteiger partial charge in [0.05, 0.1) is 0 Å². The minimum absolute atomic E-state index is 0.631. The Morgan fingerprint density at radius 1 is 1.50 bits per heavy atom. The molecule has 1 atom stereocenters. The third-order valence-corrected chi connectivity index (χ3v) is 4.11. The lowest BCUT2D eigenvalue weighted by Crippen LogP contribution is -2.24. The molecule has 0 N–H and O–H groups in total. The highest BCUT2D eigenvalue weighted by molar-refractivity contribution is 9.09. The average Bonchev–Trinajstić information content (AvgIpc) is 2.06. The number of pyridine rings is 1. The highest BCUT2D eigenvalue weighted by Crippen LogP contribution is 2.34. The van der Waals surface area contributed by atoms with Crippen LogP contribution in [0.3, 0.4) is 0 Å². The van der Waals surface area contributed by atoms with E-state index in [0.29, 0.717) is 4.83 Å². The lowest BCUT2D eigenvalue weighted by Gasteiger charge is -2.29. The second-order valence-corrected chi connectivity index (χ2v) is 5.41. The zero-order valence-electron chi connectivity index (χ0n) is 8.54. The Bertz CT molecular complexity index is 290. The number of aryl methyl sites for hydroxylation is 1. The molecule has 0 bridgehead atoms. The summed E-state index contributed by atoms with van der Waals surface area (Å²) in [4.78, 5) is 5.06. The molecule has 1 aliphatic rings. The molecular weight excluding hydrogens is 238 g/mol. The van der Waals surface area contributed by atoms with Gasteiger partial charge in [0.15, 0.2) is 0 Å². The van der Waals surface area contributed by atoms with E-state index in [2.05, 4.69) is 40.0 Å². The van der Waals surface area contributed by atoms with Crippen molar-refractivity contribution in [2.24, 2.45) is 5.92 Å². The van der Waals surface area contributed by atoms with Crippen LogP contribution in [0.5, 0.6) is 0 Å². The Kier molecular flexibility index (Phi) is 3.22. The van der Waals surface area contributed by atoms with E-state index in [1.807, 2.05) is 6.20 Å². The Morgan fingerprint density at radius 2 is 2.29 bits per heavy atom. The zero-order chi connectivity index (χ0) is 9.97. The first-order valence-corrected chi connectivity index (χ1v) is 6.23. The van der Waals surface area contributed by atoms with Gasteiger partial charge in [-0.05, 0) is 37.3 Å². The molecule has 0 radical (unpaired) electrons. The summed E-state index contributed by atoms with van der Waals surface area (Å²) >= 11 is 3.77. The molecule has 0 amide bonds. The molecule has 1 saturated carbocycles. The number of alkyl halides is 1. The Labute approximate surface area is 94.1 Å². The first-order valence-electron chi connectivity index (χ1n) is 5.31. The van der Waals surface area contributed by atoms with Gasteiger partial charge in [-0.25, -0.2) is 0 Å². The summed E-state index contributed by atoms with van der Waals surface area (Å²) in [6.07, 6.45) is 7.22. The summed E-state index contributed by atoms with van der Waals surface area (Å²) in [5, 5.41) is 0. The normalized spacial score (nSPS) is 19.0. The smallest absolute Gasteiger partial charge is 0.0415 e. The van der Waals surface area contributed by atoms with Crippen LogP contribution in [0.1, 0.15) is 30.5 Å². The molecule has 2 rings (SSSR count). The first-order chi connectivity index (χ1) is 6.75. The summed E-state index contributed by atoms with van der Waals surface area (Å²) in [6, 6.07) is 4.28. The van der Waals surface area contributed by atoms with Crippen molar-refractivity contribution in [1.29, 1.82) is 0 Å². The van der Waals surface area contributed by atoms with Gasteiger partial charge in [0, 0.05) is 23.1 Å². The van der Waals surface area contributed by atoms with E-state index < -0.39 is 0 Å². The maximum absolute atomic E-state index is 4.43. The van der Waals surface area contributed by atoms with Gasteiger partial charge in [-0.3, -0.25) is 4.98 Å². The molecule has 0 aliphatic heterocycles. The molecule has 1 aliphatic carbocycles. The third-order valence-electron chi connectivity index (χ3n) is 3.04. The summed E-state index contributed by atoms with van der Waals surface area (Å²) in [5.41, 5.74) is 2.45. The molecule has 76 valence electrons. The van der Waals surface area contributed by atoms with Gasteiger partial charge >= 0.3 is 0 Å². The van der Waals surface area contributed by atoms with Crippen LogP contribution >= 0.6 is 15.9 Å². The van der Waals surface area contributed by atoms with Crippen molar-refractivity contribution >= 4 is 15.9 Å². The second-order valence-electron chi connectivity index (χ2n) is 4.24. The maximum Gasteiger partial charge on any atom is 0.0415 e. The molecule has 0 saturated heterocycles. The van der Waals surface area contributed by atoms with Crippen LogP contribution in [0, 0.1) is 12.8 Å². The first kappa shape index (κ1) is 10.2. The van der Waals surface area contributed by atoms with Crippen molar-refractivity contribution in [1.82, 2.24) is 4.98 Å². The zero-order valence-corrected chi connectivity index (χ0v) is 10.1. The number of halogens is 1. The molecule has 1 nitrogen and oxygen atoms in total. The quantitative estimate of drug-likeness (QED) is 0.752. The van der Waals surface area contributed by atoms with Crippen LogP contribution in [0.25, 0.3) is 0 Å². The van der Waals surface area contributed by atoms with Crippen molar-refractivity contribution in [3.8, 4) is 0 Å². The third kappa shape index (κ3) is 2.35. The molecule has 1 fully saturated rings. The van der Waals surface area contributed by atoms with E-state index in [0.717, 1.165) is 12.3 Å². The molecule has 1 heterocycles. The molecule has 1 unspecified atom stereocenters. The van der Waals surface area contributed by atoms with Gasteiger partial charge in [0.25, 0.3) is 0 Å². The van der Waals surface area contributed by atoms with E-state index >= 15 is 0 Å². The molecule has 0 spiro atoms. The molecule has 2 heteroatoms. The fourth-order valence-electron chi connectivity index (χ4n) is 1.79. The highest BCUT2D eigenvalue weighted by atomic mass is 79.9. The van der Waals surface area contributed by atoms with Crippen LogP contribution in [-0.2, 0) is 6.42 Å². The average molecular weight is 254 g/mol. The minimum atomic E-state index is 0.631. The van der Waals surface area contributed by atoms with Crippen LogP contribution in [-0.4, -0.2) is 9.81 Å². The molecule has 1 aromatic heterocycles. The van der Waals surface area contributed by atoms with Gasteiger partial charge in [-0.1, -0.05) is 28.4 Å². The number of aromatic nitrogens is 1. The van der Waals surface area contributed by atoms with Crippen LogP contribution in [0.15, 0.2) is 18.3 Å². The van der Waals surface area contributed by atoms with Crippen LogP contribution in [0.2, 0.25) is 0 Å². The molecular formula is C12H16BrN. The fourth-order valence-corrected chi connectivity index (χ4v) is 2.65. The standard InChI is InChI=1S/C12H16BrN/c1-9-5-6-11(14-8-9)7-12(13)10-3-2-4-10/h5-6,8,10,12H,2-4,7H2,1H3. The molecule has 1 aromatic rings. The summed E-state index contributed by atoms with van der Waals surface area (Å²) < 4.78 is 0. The minimum Gasteiger partial charge on any atom is -0.261 e. The topological polar surface area (TPSA) is 12.9 Å². The number of hydrogen-bond acceptors (Lipinski definition) is 1. The van der Waals surface area contributed by atoms with Crippen molar-refractivity contribution in [3.63, 3.8) is 0 Å². The lowest BCUT2D eigenvalue weighted by atomic mass is 9.81. The van der Waals surface area contributed by atoms with Gasteiger partial charge in [-0.2, -0.15) is 0 Å². The van der Waals surface area contributed by atoms with Gasteiger partial charge in [0.2, 0.25) is 0 Å². The van der Waals surface area contributed by atoms with Crippen molar-refractivity contribution < 1.29 is 0 Å². The van der Waals surface area contributed by atoms with E-state index in [-0.39, 0.29) is 0 Å². The molecule has 14 heavy (non-hydrogen) atoms. The van der Waals surface area contributed by atoms with E-state index in [1.165, 1.54) is 30.5 Å². The van der Waals surface area contributed by atoms with Crippen molar-refractivity contribution in [3.05, 3.63) is 29.6 Å². The maximum atomic E-state index is 4.43. The number of hydrogen-bond donors (Lipinski definition) is 0. The molecule has 0 aromatic carbocycles. The van der Waals surface area contributed by atoms with Crippen molar-refractivity contribution in [2.75, 3.05) is 0 Å². The van der Waals surface area contributed by atoms with E-state index in [4.69, 9.17) is 0 Å². The lowest BCUT2D eigenvalue weighted by molar-refractivity contribution is 0.308. The number of rotatable bonds is 3. The monoisotopic (exact) mass is 253 g/mol. The Balaban J connectivity index is 1.92. The number of nitrogens with zero attached hydrogens (tertiary/aromatic N) is 1. The Morgan fingerprint density at radius 3 is 2.79 bits per heavy atom. The van der Waals surface area contributed by atoms with Crippen molar-refractivity contribution in [2.45, 2.75) is 37.4 Å². The second kappa shape index (κ2) is 4.43. The Hall–Kier alpha value is -0.370.